The predicted octanol–water partition coefficient (Wildman–Crippen LogP) is 2.43. The molecule has 2 nitrogen and oxygen atoms in total. The number of pyridine rings is 2. The first-order valence-electron chi connectivity index (χ1n) is 3.92. The van der Waals surface area contributed by atoms with Gasteiger partial charge in [0, 0.05) is 29.0 Å². The van der Waals surface area contributed by atoms with Crippen molar-refractivity contribution >= 4 is 12.6 Å². The van der Waals surface area contributed by atoms with Crippen LogP contribution in [0.4, 0.5) is 0 Å². The Kier molecular flexibility index (Phi) is 2.27. The van der Waals surface area contributed by atoms with E-state index in [0.717, 1.165) is 16.2 Å². The van der Waals surface area contributed by atoms with Crippen LogP contribution in [-0.4, -0.2) is 9.97 Å². The van der Waals surface area contributed by atoms with Crippen LogP contribution in [-0.2, 0) is 0 Å². The number of nitrogens with zero attached hydrogens (tertiary/aromatic N) is 2. The molecule has 0 aliphatic rings. The van der Waals surface area contributed by atoms with Gasteiger partial charge in [-0.15, -0.1) is 12.6 Å². The molecule has 0 amide bonds. The predicted molar refractivity (Wildman–Crippen MR) is 54.7 cm³/mol. The van der Waals surface area contributed by atoms with Gasteiger partial charge in [0.25, 0.3) is 0 Å². The van der Waals surface area contributed by atoms with Gasteiger partial charge in [-0.2, -0.15) is 0 Å². The fourth-order valence-corrected chi connectivity index (χ4v) is 1.20. The average Bonchev–Trinajstić information content (AvgIpc) is 2.20. The maximum absolute atomic E-state index is 4.23. The molecule has 2 aromatic rings. The maximum atomic E-state index is 4.23. The van der Waals surface area contributed by atoms with E-state index >= 15 is 0 Å². The fraction of sp³-hybridized carbons (Fsp3) is 0. The molecule has 64 valence electrons. The Bertz CT molecular complexity index is 383. The highest BCUT2D eigenvalue weighted by molar-refractivity contribution is 7.80. The number of aromatic nitrogens is 2. The van der Waals surface area contributed by atoms with Gasteiger partial charge in [0.05, 0.1) is 5.69 Å². The standard InChI is InChI=1S/C10H8N2S/c13-9-3-4-10(12-7-9)8-2-1-5-11-6-8/h1-7,13H. The lowest BCUT2D eigenvalue weighted by Crippen LogP contribution is -1.82. The van der Waals surface area contributed by atoms with E-state index in [0.29, 0.717) is 0 Å². The number of thiol groups is 1. The molecule has 3 heteroatoms. The Morgan fingerprint density at radius 1 is 1.08 bits per heavy atom. The highest BCUT2D eigenvalue weighted by Gasteiger charge is 1.96. The van der Waals surface area contributed by atoms with Crippen LogP contribution in [0.3, 0.4) is 0 Å². The quantitative estimate of drug-likeness (QED) is 0.695. The highest BCUT2D eigenvalue weighted by Crippen LogP contribution is 2.15. The lowest BCUT2D eigenvalue weighted by atomic mass is 10.2. The van der Waals surface area contributed by atoms with Crippen LogP contribution in [0.1, 0.15) is 0 Å². The van der Waals surface area contributed by atoms with Crippen LogP contribution in [0.25, 0.3) is 11.3 Å². The molecular formula is C10H8N2S. The first-order valence-corrected chi connectivity index (χ1v) is 4.36. The summed E-state index contributed by atoms with van der Waals surface area (Å²) in [7, 11) is 0. The van der Waals surface area contributed by atoms with Crippen LogP contribution in [0.2, 0.25) is 0 Å². The smallest absolute Gasteiger partial charge is 0.0718 e. The van der Waals surface area contributed by atoms with Crippen LogP contribution >= 0.6 is 12.6 Å². The second kappa shape index (κ2) is 3.58. The molecule has 0 aliphatic carbocycles. The van der Waals surface area contributed by atoms with Crippen molar-refractivity contribution in [3.8, 4) is 11.3 Å². The second-order valence-corrected chi connectivity index (χ2v) is 3.16. The van der Waals surface area contributed by atoms with E-state index < -0.39 is 0 Å². The zero-order valence-corrected chi connectivity index (χ0v) is 7.78. The molecule has 0 unspecified atom stereocenters. The summed E-state index contributed by atoms with van der Waals surface area (Å²) in [6.45, 7) is 0. The summed E-state index contributed by atoms with van der Waals surface area (Å²) in [6, 6.07) is 7.72. The van der Waals surface area contributed by atoms with E-state index in [1.807, 2.05) is 24.3 Å². The maximum Gasteiger partial charge on any atom is 0.0718 e. The molecule has 2 aromatic heterocycles. The summed E-state index contributed by atoms with van der Waals surface area (Å²) >= 11 is 4.17. The molecule has 0 N–H and O–H groups in total. The summed E-state index contributed by atoms with van der Waals surface area (Å²) in [5, 5.41) is 0. The van der Waals surface area contributed by atoms with E-state index in [4.69, 9.17) is 0 Å². The normalized spacial score (nSPS) is 9.92. The zero-order valence-electron chi connectivity index (χ0n) is 6.88. The molecule has 0 fully saturated rings. The third-order valence-electron chi connectivity index (χ3n) is 1.71. The van der Waals surface area contributed by atoms with Gasteiger partial charge in [0.2, 0.25) is 0 Å². The van der Waals surface area contributed by atoms with Crippen molar-refractivity contribution in [3.63, 3.8) is 0 Å². The number of hydrogen-bond acceptors (Lipinski definition) is 3. The van der Waals surface area contributed by atoms with E-state index in [9.17, 15) is 0 Å². The second-order valence-electron chi connectivity index (χ2n) is 2.64. The molecule has 0 spiro atoms. The average molecular weight is 188 g/mol. The minimum Gasteiger partial charge on any atom is -0.264 e. The summed E-state index contributed by atoms with van der Waals surface area (Å²) in [4.78, 5) is 9.12. The lowest BCUT2D eigenvalue weighted by Gasteiger charge is -1.98. The van der Waals surface area contributed by atoms with Gasteiger partial charge in [-0.3, -0.25) is 9.97 Å². The molecule has 0 bridgehead atoms. The molecule has 0 saturated heterocycles. The Morgan fingerprint density at radius 3 is 2.62 bits per heavy atom. The summed E-state index contributed by atoms with van der Waals surface area (Å²) < 4.78 is 0. The van der Waals surface area contributed by atoms with Crippen LogP contribution in [0, 0.1) is 0 Å². The molecule has 0 aliphatic heterocycles. The Morgan fingerprint density at radius 2 is 2.00 bits per heavy atom. The molecule has 0 atom stereocenters. The van der Waals surface area contributed by atoms with E-state index in [1.165, 1.54) is 0 Å². The molecule has 0 radical (unpaired) electrons. The molecule has 0 saturated carbocycles. The van der Waals surface area contributed by atoms with Crippen molar-refractivity contribution in [2.45, 2.75) is 4.90 Å². The van der Waals surface area contributed by atoms with Gasteiger partial charge in [-0.25, -0.2) is 0 Å². The molecular weight excluding hydrogens is 180 g/mol. The van der Waals surface area contributed by atoms with Crippen molar-refractivity contribution < 1.29 is 0 Å². The van der Waals surface area contributed by atoms with Gasteiger partial charge in [-0.05, 0) is 24.3 Å². The number of rotatable bonds is 1. The lowest BCUT2D eigenvalue weighted by molar-refractivity contribution is 1.23. The van der Waals surface area contributed by atoms with Crippen molar-refractivity contribution in [1.82, 2.24) is 9.97 Å². The first kappa shape index (κ1) is 8.26. The Hall–Kier alpha value is -1.35. The van der Waals surface area contributed by atoms with Gasteiger partial charge in [0.1, 0.15) is 0 Å². The van der Waals surface area contributed by atoms with E-state index in [-0.39, 0.29) is 0 Å². The Balaban J connectivity index is 2.42. The highest BCUT2D eigenvalue weighted by atomic mass is 32.1. The third-order valence-corrected chi connectivity index (χ3v) is 1.97. The monoisotopic (exact) mass is 188 g/mol. The molecule has 2 heterocycles. The summed E-state index contributed by atoms with van der Waals surface area (Å²) in [6.07, 6.45) is 5.27. The Labute approximate surface area is 82.1 Å². The summed E-state index contributed by atoms with van der Waals surface area (Å²) in [5.74, 6) is 0. The van der Waals surface area contributed by atoms with E-state index in [1.54, 1.807) is 18.6 Å². The van der Waals surface area contributed by atoms with Gasteiger partial charge in [0.15, 0.2) is 0 Å². The minimum absolute atomic E-state index is 0.868. The van der Waals surface area contributed by atoms with Gasteiger partial charge in [-0.1, -0.05) is 0 Å². The van der Waals surface area contributed by atoms with Crippen LogP contribution in [0.5, 0.6) is 0 Å². The minimum atomic E-state index is 0.868. The SMILES string of the molecule is Sc1ccc(-c2cccnc2)nc1. The van der Waals surface area contributed by atoms with Crippen molar-refractivity contribution in [2.75, 3.05) is 0 Å². The third kappa shape index (κ3) is 1.87. The van der Waals surface area contributed by atoms with Crippen LogP contribution < -0.4 is 0 Å². The van der Waals surface area contributed by atoms with Gasteiger partial charge >= 0.3 is 0 Å². The number of hydrogen-bond donors (Lipinski definition) is 1. The van der Waals surface area contributed by atoms with Crippen molar-refractivity contribution in [1.29, 1.82) is 0 Å². The van der Waals surface area contributed by atoms with Crippen LogP contribution in [0.15, 0.2) is 47.8 Å². The van der Waals surface area contributed by atoms with Crippen molar-refractivity contribution in [2.24, 2.45) is 0 Å². The summed E-state index contributed by atoms with van der Waals surface area (Å²) in [5.41, 5.74) is 1.95. The zero-order chi connectivity index (χ0) is 9.10. The molecule has 13 heavy (non-hydrogen) atoms. The topological polar surface area (TPSA) is 25.8 Å². The van der Waals surface area contributed by atoms with Crippen molar-refractivity contribution in [3.05, 3.63) is 42.9 Å². The van der Waals surface area contributed by atoms with Gasteiger partial charge < -0.3 is 0 Å². The molecule has 2 rings (SSSR count). The first-order chi connectivity index (χ1) is 6.36. The largest absolute Gasteiger partial charge is 0.264 e. The fourth-order valence-electron chi connectivity index (χ4n) is 1.07. The molecule has 0 aromatic carbocycles. The van der Waals surface area contributed by atoms with E-state index in [2.05, 4.69) is 22.6 Å².